The summed E-state index contributed by atoms with van der Waals surface area (Å²) in [6.45, 7) is 6.73. The highest BCUT2D eigenvalue weighted by Crippen LogP contribution is 2.23. The minimum Gasteiger partial charge on any atom is -0.314 e. The second-order valence-electron chi connectivity index (χ2n) is 4.28. The van der Waals surface area contributed by atoms with E-state index < -0.39 is 9.84 Å². The van der Waals surface area contributed by atoms with Crippen LogP contribution >= 0.6 is 0 Å². The maximum Gasteiger partial charge on any atom is 0.150 e. The van der Waals surface area contributed by atoms with Gasteiger partial charge in [0, 0.05) is 6.04 Å². The smallest absolute Gasteiger partial charge is 0.150 e. The van der Waals surface area contributed by atoms with E-state index in [1.165, 1.54) is 0 Å². The molecule has 88 valence electrons. The first-order chi connectivity index (χ1) is 7.07. The summed E-state index contributed by atoms with van der Waals surface area (Å²) < 4.78 is 22.6. The van der Waals surface area contributed by atoms with E-state index in [1.807, 2.05) is 6.08 Å². The third kappa shape index (κ3) is 4.34. The largest absolute Gasteiger partial charge is 0.314 e. The predicted molar refractivity (Wildman–Crippen MR) is 63.7 cm³/mol. The van der Waals surface area contributed by atoms with Gasteiger partial charge in [0.05, 0.1) is 11.5 Å². The summed E-state index contributed by atoms with van der Waals surface area (Å²) in [4.78, 5) is 0. The molecule has 0 aromatic carbocycles. The standard InChI is InChI=1S/C11H21NO2S/c1-3-5-11(12-4-2)8-10-6-7-15(13,14)9-10/h3,10-12H,1,4-9H2,2H3. The van der Waals surface area contributed by atoms with Crippen molar-refractivity contribution in [2.75, 3.05) is 18.1 Å². The molecular formula is C11H21NO2S. The van der Waals surface area contributed by atoms with Gasteiger partial charge in [0.2, 0.25) is 0 Å². The summed E-state index contributed by atoms with van der Waals surface area (Å²) >= 11 is 0. The van der Waals surface area contributed by atoms with Crippen molar-refractivity contribution in [3.8, 4) is 0 Å². The normalized spacial score (nSPS) is 26.3. The van der Waals surface area contributed by atoms with Crippen LogP contribution < -0.4 is 5.32 Å². The summed E-state index contributed by atoms with van der Waals surface area (Å²) in [5.41, 5.74) is 0. The van der Waals surface area contributed by atoms with Crippen molar-refractivity contribution in [2.24, 2.45) is 5.92 Å². The van der Waals surface area contributed by atoms with Crippen LogP contribution in [0.2, 0.25) is 0 Å². The summed E-state index contributed by atoms with van der Waals surface area (Å²) in [7, 11) is -2.72. The maximum atomic E-state index is 11.3. The van der Waals surface area contributed by atoms with Crippen molar-refractivity contribution < 1.29 is 8.42 Å². The van der Waals surface area contributed by atoms with Crippen LogP contribution in [-0.2, 0) is 9.84 Å². The second kappa shape index (κ2) is 5.66. The average Bonchev–Trinajstić information content (AvgIpc) is 2.46. The molecule has 0 radical (unpaired) electrons. The number of sulfone groups is 1. The summed E-state index contributed by atoms with van der Waals surface area (Å²) in [6.07, 6.45) is 4.61. The molecule has 4 heteroatoms. The van der Waals surface area contributed by atoms with Crippen molar-refractivity contribution in [2.45, 2.75) is 32.2 Å². The first-order valence-electron chi connectivity index (χ1n) is 5.62. The van der Waals surface area contributed by atoms with E-state index in [9.17, 15) is 8.42 Å². The van der Waals surface area contributed by atoms with Crippen LogP contribution in [0.15, 0.2) is 12.7 Å². The second-order valence-corrected chi connectivity index (χ2v) is 6.51. The third-order valence-corrected chi connectivity index (χ3v) is 4.73. The van der Waals surface area contributed by atoms with Crippen LogP contribution in [0, 0.1) is 5.92 Å². The van der Waals surface area contributed by atoms with Gasteiger partial charge in [-0.2, -0.15) is 0 Å². The van der Waals surface area contributed by atoms with Crippen molar-refractivity contribution in [1.29, 1.82) is 0 Å². The van der Waals surface area contributed by atoms with E-state index in [0.29, 0.717) is 23.5 Å². The van der Waals surface area contributed by atoms with Gasteiger partial charge in [-0.25, -0.2) is 8.42 Å². The molecule has 3 nitrogen and oxygen atoms in total. The van der Waals surface area contributed by atoms with Gasteiger partial charge in [0.15, 0.2) is 9.84 Å². The number of hydrogen-bond donors (Lipinski definition) is 1. The Bertz CT molecular complexity index is 298. The van der Waals surface area contributed by atoms with Crippen molar-refractivity contribution >= 4 is 9.84 Å². The average molecular weight is 231 g/mol. The van der Waals surface area contributed by atoms with Gasteiger partial charge in [-0.1, -0.05) is 13.0 Å². The Balaban J connectivity index is 2.41. The fraction of sp³-hybridized carbons (Fsp3) is 0.818. The van der Waals surface area contributed by atoms with E-state index >= 15 is 0 Å². The summed E-state index contributed by atoms with van der Waals surface area (Å²) in [6, 6.07) is 0.394. The molecule has 1 fully saturated rings. The molecule has 0 spiro atoms. The molecule has 0 bridgehead atoms. The zero-order valence-electron chi connectivity index (χ0n) is 9.41. The Kier molecular flexibility index (Phi) is 4.80. The minimum atomic E-state index is -2.72. The Labute approximate surface area is 92.9 Å². The van der Waals surface area contributed by atoms with E-state index in [1.54, 1.807) is 0 Å². The van der Waals surface area contributed by atoms with Gasteiger partial charge in [-0.3, -0.25) is 0 Å². The molecule has 1 heterocycles. The highest BCUT2D eigenvalue weighted by atomic mass is 32.2. The van der Waals surface area contributed by atoms with Gasteiger partial charge in [0.25, 0.3) is 0 Å². The lowest BCUT2D eigenvalue weighted by Crippen LogP contribution is -2.30. The maximum absolute atomic E-state index is 11.3. The highest BCUT2D eigenvalue weighted by molar-refractivity contribution is 7.91. The predicted octanol–water partition coefficient (Wildman–Crippen LogP) is 1.37. The lowest BCUT2D eigenvalue weighted by atomic mass is 9.97. The third-order valence-electron chi connectivity index (χ3n) is 2.89. The Morgan fingerprint density at radius 3 is 2.80 bits per heavy atom. The molecule has 0 amide bonds. The van der Waals surface area contributed by atoms with Crippen LogP contribution in [0.25, 0.3) is 0 Å². The minimum absolute atomic E-state index is 0.346. The van der Waals surface area contributed by atoms with Crippen LogP contribution in [0.3, 0.4) is 0 Å². The Hall–Kier alpha value is -0.350. The highest BCUT2D eigenvalue weighted by Gasteiger charge is 2.29. The lowest BCUT2D eigenvalue weighted by Gasteiger charge is -2.19. The fourth-order valence-electron chi connectivity index (χ4n) is 2.21. The Morgan fingerprint density at radius 2 is 2.33 bits per heavy atom. The molecular weight excluding hydrogens is 210 g/mol. The topological polar surface area (TPSA) is 46.2 Å². The molecule has 1 aliphatic heterocycles. The van der Waals surface area contributed by atoms with Crippen LogP contribution in [0.1, 0.15) is 26.2 Å². The first-order valence-corrected chi connectivity index (χ1v) is 7.44. The van der Waals surface area contributed by atoms with Gasteiger partial charge >= 0.3 is 0 Å². The quantitative estimate of drug-likeness (QED) is 0.702. The van der Waals surface area contributed by atoms with Crippen LogP contribution in [-0.4, -0.2) is 32.5 Å². The van der Waals surface area contributed by atoms with Crippen molar-refractivity contribution in [1.82, 2.24) is 5.32 Å². The van der Waals surface area contributed by atoms with Crippen molar-refractivity contribution in [3.05, 3.63) is 12.7 Å². The molecule has 1 saturated heterocycles. The zero-order chi connectivity index (χ0) is 11.3. The van der Waals surface area contributed by atoms with Gasteiger partial charge in [-0.05, 0) is 31.7 Å². The molecule has 2 atom stereocenters. The molecule has 2 unspecified atom stereocenters. The first kappa shape index (κ1) is 12.7. The molecule has 0 aliphatic carbocycles. The van der Waals surface area contributed by atoms with E-state index in [2.05, 4.69) is 18.8 Å². The number of nitrogens with one attached hydrogen (secondary N) is 1. The SMILES string of the molecule is C=CCC(CC1CCS(=O)(=O)C1)NCC. The Morgan fingerprint density at radius 1 is 1.60 bits per heavy atom. The molecule has 1 aliphatic rings. The fourth-order valence-corrected chi connectivity index (χ4v) is 4.09. The molecule has 0 saturated carbocycles. The van der Waals surface area contributed by atoms with Gasteiger partial charge in [-0.15, -0.1) is 6.58 Å². The zero-order valence-corrected chi connectivity index (χ0v) is 10.2. The molecule has 0 aromatic heterocycles. The van der Waals surface area contributed by atoms with E-state index in [0.717, 1.165) is 25.8 Å². The summed E-state index contributed by atoms with van der Waals surface area (Å²) in [5, 5.41) is 3.37. The molecule has 0 aromatic rings. The molecule has 15 heavy (non-hydrogen) atoms. The van der Waals surface area contributed by atoms with Crippen LogP contribution in [0.5, 0.6) is 0 Å². The van der Waals surface area contributed by atoms with E-state index in [4.69, 9.17) is 0 Å². The number of rotatable bonds is 6. The van der Waals surface area contributed by atoms with Gasteiger partial charge < -0.3 is 5.32 Å². The summed E-state index contributed by atoms with van der Waals surface area (Å²) in [5.74, 6) is 1.11. The van der Waals surface area contributed by atoms with Crippen LogP contribution in [0.4, 0.5) is 0 Å². The monoisotopic (exact) mass is 231 g/mol. The lowest BCUT2D eigenvalue weighted by molar-refractivity contribution is 0.413. The molecule has 1 N–H and O–H groups in total. The van der Waals surface area contributed by atoms with E-state index in [-0.39, 0.29) is 0 Å². The van der Waals surface area contributed by atoms with Crippen molar-refractivity contribution in [3.63, 3.8) is 0 Å². The van der Waals surface area contributed by atoms with Gasteiger partial charge in [0.1, 0.15) is 0 Å². The number of hydrogen-bond acceptors (Lipinski definition) is 3. The molecule has 1 rings (SSSR count).